The van der Waals surface area contributed by atoms with Gasteiger partial charge in [-0.15, -0.1) is 0 Å². The zero-order chi connectivity index (χ0) is 13.8. The molecule has 0 aliphatic rings. The number of aliphatic carboxylic acids is 1. The van der Waals surface area contributed by atoms with E-state index < -0.39 is 11.9 Å². The third-order valence-corrected chi connectivity index (χ3v) is 3.44. The summed E-state index contributed by atoms with van der Waals surface area (Å²) >= 11 is 3.40. The number of hydrogen-bond acceptors (Lipinski definition) is 2. The lowest BCUT2D eigenvalue weighted by Gasteiger charge is -2.11. The standard InChI is InChI=1S/C14H15BrN2O2/c1-17-6-5-13(16-17)9-11(14(18)19)7-10-3-2-4-12(15)8-10/h2-6,8,11H,7,9H2,1H3,(H,18,19). The highest BCUT2D eigenvalue weighted by Gasteiger charge is 2.19. The highest BCUT2D eigenvalue weighted by atomic mass is 79.9. The molecule has 2 rings (SSSR count). The predicted molar refractivity (Wildman–Crippen MR) is 75.9 cm³/mol. The molecule has 100 valence electrons. The van der Waals surface area contributed by atoms with Gasteiger partial charge in [0.15, 0.2) is 0 Å². The van der Waals surface area contributed by atoms with Crippen LogP contribution in [-0.2, 0) is 24.7 Å². The summed E-state index contributed by atoms with van der Waals surface area (Å²) in [6.07, 6.45) is 2.78. The first-order chi connectivity index (χ1) is 9.04. The number of aromatic nitrogens is 2. The van der Waals surface area contributed by atoms with Gasteiger partial charge in [0.1, 0.15) is 0 Å². The molecule has 1 atom stereocenters. The van der Waals surface area contributed by atoms with Crippen molar-refractivity contribution in [1.29, 1.82) is 0 Å². The maximum absolute atomic E-state index is 11.4. The van der Waals surface area contributed by atoms with Gasteiger partial charge in [-0.05, 0) is 30.2 Å². The van der Waals surface area contributed by atoms with Crippen LogP contribution in [0.3, 0.4) is 0 Å². The number of benzene rings is 1. The quantitative estimate of drug-likeness (QED) is 0.920. The normalized spacial score (nSPS) is 12.3. The van der Waals surface area contributed by atoms with E-state index in [0.29, 0.717) is 12.8 Å². The van der Waals surface area contributed by atoms with Gasteiger partial charge in [-0.3, -0.25) is 9.48 Å². The molecule has 0 fully saturated rings. The van der Waals surface area contributed by atoms with E-state index in [1.807, 2.05) is 43.6 Å². The summed E-state index contributed by atoms with van der Waals surface area (Å²) in [6, 6.07) is 9.60. The van der Waals surface area contributed by atoms with Crippen molar-refractivity contribution in [2.45, 2.75) is 12.8 Å². The zero-order valence-electron chi connectivity index (χ0n) is 10.6. The van der Waals surface area contributed by atoms with Crippen LogP contribution in [0, 0.1) is 5.92 Å². The smallest absolute Gasteiger partial charge is 0.307 e. The molecule has 0 saturated carbocycles. The molecule has 0 bridgehead atoms. The number of carbonyl (C=O) groups is 1. The van der Waals surface area contributed by atoms with Crippen LogP contribution in [0.25, 0.3) is 0 Å². The van der Waals surface area contributed by atoms with Gasteiger partial charge in [-0.2, -0.15) is 5.10 Å². The molecule has 0 aliphatic carbocycles. The van der Waals surface area contributed by atoms with E-state index in [2.05, 4.69) is 21.0 Å². The van der Waals surface area contributed by atoms with Crippen LogP contribution in [-0.4, -0.2) is 20.9 Å². The van der Waals surface area contributed by atoms with Crippen molar-refractivity contribution in [2.75, 3.05) is 0 Å². The molecule has 2 aromatic rings. The monoisotopic (exact) mass is 322 g/mol. The Bertz CT molecular complexity index is 580. The van der Waals surface area contributed by atoms with Crippen LogP contribution in [0.15, 0.2) is 41.0 Å². The largest absolute Gasteiger partial charge is 0.481 e. The minimum atomic E-state index is -0.786. The number of carboxylic acids is 1. The summed E-state index contributed by atoms with van der Waals surface area (Å²) in [7, 11) is 1.83. The second-order valence-corrected chi connectivity index (χ2v) is 5.47. The molecule has 1 unspecified atom stereocenters. The molecular weight excluding hydrogens is 308 g/mol. The Morgan fingerprint density at radius 3 is 2.79 bits per heavy atom. The lowest BCUT2D eigenvalue weighted by atomic mass is 9.95. The van der Waals surface area contributed by atoms with Crippen LogP contribution in [0.4, 0.5) is 0 Å². The summed E-state index contributed by atoms with van der Waals surface area (Å²) in [5.74, 6) is -1.24. The van der Waals surface area contributed by atoms with Crippen molar-refractivity contribution in [1.82, 2.24) is 9.78 Å². The van der Waals surface area contributed by atoms with E-state index in [0.717, 1.165) is 15.7 Å². The number of nitrogens with zero attached hydrogens (tertiary/aromatic N) is 2. The summed E-state index contributed by atoms with van der Waals surface area (Å²) in [6.45, 7) is 0. The van der Waals surface area contributed by atoms with E-state index >= 15 is 0 Å². The summed E-state index contributed by atoms with van der Waals surface area (Å²) in [5.41, 5.74) is 1.82. The van der Waals surface area contributed by atoms with E-state index in [4.69, 9.17) is 0 Å². The van der Waals surface area contributed by atoms with Crippen molar-refractivity contribution in [3.8, 4) is 0 Å². The number of halogens is 1. The van der Waals surface area contributed by atoms with Crippen LogP contribution < -0.4 is 0 Å². The first kappa shape index (κ1) is 13.8. The van der Waals surface area contributed by atoms with Gasteiger partial charge in [0, 0.05) is 24.1 Å². The minimum Gasteiger partial charge on any atom is -0.481 e. The van der Waals surface area contributed by atoms with Crippen molar-refractivity contribution in [3.05, 3.63) is 52.3 Å². The predicted octanol–water partition coefficient (Wildman–Crippen LogP) is 2.67. The average Bonchev–Trinajstić information content (AvgIpc) is 2.74. The van der Waals surface area contributed by atoms with E-state index in [1.165, 1.54) is 0 Å². The molecule has 1 aromatic heterocycles. The highest BCUT2D eigenvalue weighted by Crippen LogP contribution is 2.18. The number of carboxylic acid groups (broad SMARTS) is 1. The van der Waals surface area contributed by atoms with Gasteiger partial charge < -0.3 is 5.11 Å². The fourth-order valence-electron chi connectivity index (χ4n) is 2.02. The Labute approximate surface area is 120 Å². The van der Waals surface area contributed by atoms with Crippen molar-refractivity contribution >= 4 is 21.9 Å². The van der Waals surface area contributed by atoms with E-state index in [9.17, 15) is 9.90 Å². The fraction of sp³-hybridized carbons (Fsp3) is 0.286. The Hall–Kier alpha value is -1.62. The molecule has 0 amide bonds. The maximum atomic E-state index is 11.4. The summed E-state index contributed by atoms with van der Waals surface area (Å²) in [4.78, 5) is 11.4. The molecule has 1 heterocycles. The zero-order valence-corrected chi connectivity index (χ0v) is 12.2. The minimum absolute atomic E-state index is 0.447. The molecule has 0 saturated heterocycles. The van der Waals surface area contributed by atoms with E-state index in [-0.39, 0.29) is 0 Å². The number of aryl methyl sites for hydroxylation is 1. The lowest BCUT2D eigenvalue weighted by molar-refractivity contribution is -0.141. The number of rotatable bonds is 5. The molecular formula is C14H15BrN2O2. The Morgan fingerprint density at radius 1 is 1.42 bits per heavy atom. The Kier molecular flexibility index (Phi) is 4.37. The molecule has 1 N–H and O–H groups in total. The van der Waals surface area contributed by atoms with Crippen LogP contribution in [0.2, 0.25) is 0 Å². The topological polar surface area (TPSA) is 55.1 Å². The van der Waals surface area contributed by atoms with Crippen molar-refractivity contribution in [2.24, 2.45) is 13.0 Å². The van der Waals surface area contributed by atoms with Gasteiger partial charge in [0.05, 0.1) is 11.6 Å². The first-order valence-corrected chi connectivity index (χ1v) is 6.79. The Balaban J connectivity index is 2.10. The second kappa shape index (κ2) is 6.02. The van der Waals surface area contributed by atoms with Gasteiger partial charge >= 0.3 is 5.97 Å². The van der Waals surface area contributed by atoms with Gasteiger partial charge in [-0.1, -0.05) is 28.1 Å². The molecule has 0 radical (unpaired) electrons. The van der Waals surface area contributed by atoms with Crippen molar-refractivity contribution < 1.29 is 9.90 Å². The third kappa shape index (κ3) is 3.92. The average molecular weight is 323 g/mol. The number of hydrogen-bond donors (Lipinski definition) is 1. The summed E-state index contributed by atoms with van der Waals surface area (Å²) < 4.78 is 2.65. The fourth-order valence-corrected chi connectivity index (χ4v) is 2.47. The van der Waals surface area contributed by atoms with E-state index in [1.54, 1.807) is 4.68 Å². The molecule has 19 heavy (non-hydrogen) atoms. The summed E-state index contributed by atoms with van der Waals surface area (Å²) in [5, 5.41) is 13.6. The molecule has 4 nitrogen and oxygen atoms in total. The first-order valence-electron chi connectivity index (χ1n) is 6.00. The Morgan fingerprint density at radius 2 is 2.21 bits per heavy atom. The van der Waals surface area contributed by atoms with Crippen LogP contribution >= 0.6 is 15.9 Å². The lowest BCUT2D eigenvalue weighted by Crippen LogP contribution is -2.19. The molecule has 0 aliphatic heterocycles. The van der Waals surface area contributed by atoms with Crippen LogP contribution in [0.5, 0.6) is 0 Å². The molecule has 0 spiro atoms. The highest BCUT2D eigenvalue weighted by molar-refractivity contribution is 9.10. The molecule has 1 aromatic carbocycles. The second-order valence-electron chi connectivity index (χ2n) is 4.55. The van der Waals surface area contributed by atoms with Crippen LogP contribution in [0.1, 0.15) is 11.3 Å². The van der Waals surface area contributed by atoms with Gasteiger partial charge in [-0.25, -0.2) is 0 Å². The van der Waals surface area contributed by atoms with Gasteiger partial charge in [0.2, 0.25) is 0 Å². The maximum Gasteiger partial charge on any atom is 0.307 e. The molecule has 5 heteroatoms. The SMILES string of the molecule is Cn1ccc(CC(Cc2cccc(Br)c2)C(=O)O)n1. The van der Waals surface area contributed by atoms with Crippen molar-refractivity contribution in [3.63, 3.8) is 0 Å². The van der Waals surface area contributed by atoms with Gasteiger partial charge in [0.25, 0.3) is 0 Å². The third-order valence-electron chi connectivity index (χ3n) is 2.94.